The first kappa shape index (κ1) is 49.4. The highest BCUT2D eigenvalue weighted by atomic mass is 19.1. The average Bonchev–Trinajstić information content (AvgIpc) is 3.58. The molecule has 1 heterocycles. The zero-order valence-electron chi connectivity index (χ0n) is 33.6. The van der Waals surface area contributed by atoms with E-state index in [1.807, 2.05) is 0 Å². The van der Waals surface area contributed by atoms with Gasteiger partial charge in [-0.2, -0.15) is 0 Å². The number of aliphatic hydroxyl groups excluding tert-OH is 1. The van der Waals surface area contributed by atoms with E-state index in [1.165, 1.54) is 11.0 Å². The molecule has 1 aromatic carbocycles. The first-order valence-corrected chi connectivity index (χ1v) is 18.6. The Kier molecular flexibility index (Phi) is 19.5. The number of nitrogens with zero attached hydrogens (tertiary/aromatic N) is 2. The van der Waals surface area contributed by atoms with Gasteiger partial charge in [0.05, 0.1) is 19.0 Å². The fourth-order valence-corrected chi connectivity index (χ4v) is 6.14. The number of hydrogen-bond donors (Lipinski definition) is 8. The molecule has 2 rings (SSSR count). The number of rotatable bonds is 25. The molecule has 60 heavy (non-hydrogen) atoms. The van der Waals surface area contributed by atoms with Crippen LogP contribution in [-0.2, 0) is 44.9 Å². The molecule has 0 saturated heterocycles. The van der Waals surface area contributed by atoms with Crippen molar-refractivity contribution in [3.8, 4) is 11.1 Å². The molecule has 0 aliphatic heterocycles. The van der Waals surface area contributed by atoms with E-state index in [-0.39, 0.29) is 50.0 Å². The number of aliphatic hydroxyl groups is 1. The monoisotopic (exact) mass is 842 g/mol. The van der Waals surface area contributed by atoms with E-state index in [2.05, 4.69) is 39.7 Å². The smallest absolute Gasteiger partial charge is 0.322 e. The van der Waals surface area contributed by atoms with Crippen LogP contribution in [0, 0.1) is 17.0 Å². The molecular formula is C40H52F2N8O10. The van der Waals surface area contributed by atoms with E-state index in [9.17, 15) is 47.9 Å². The van der Waals surface area contributed by atoms with Gasteiger partial charge in [-0.1, -0.05) is 52.2 Å². The highest BCUT2D eigenvalue weighted by Crippen LogP contribution is 2.41. The third-order valence-electron chi connectivity index (χ3n) is 8.77. The third kappa shape index (κ3) is 15.6. The second kappa shape index (κ2) is 23.6. The number of halogens is 2. The number of aliphatic carboxylic acids is 1. The Morgan fingerprint density at radius 3 is 2.25 bits per heavy atom. The van der Waals surface area contributed by atoms with Crippen molar-refractivity contribution in [2.45, 2.75) is 64.7 Å². The van der Waals surface area contributed by atoms with Gasteiger partial charge < -0.3 is 52.0 Å². The normalized spacial score (nSPS) is 12.8. The van der Waals surface area contributed by atoms with Crippen molar-refractivity contribution in [3.63, 3.8) is 0 Å². The van der Waals surface area contributed by atoms with Crippen molar-refractivity contribution in [3.05, 3.63) is 84.7 Å². The number of nitrogens with one attached hydrogen (secondary N) is 5. The number of amides is 7. The first-order chi connectivity index (χ1) is 28.2. The molecular weight excluding hydrogens is 790 g/mol. The zero-order valence-corrected chi connectivity index (χ0v) is 33.6. The maximum absolute atomic E-state index is 15.2. The lowest BCUT2D eigenvalue weighted by Gasteiger charge is -2.41. The number of benzene rings is 1. The molecule has 0 aliphatic rings. The van der Waals surface area contributed by atoms with Crippen LogP contribution in [0.3, 0.4) is 0 Å². The minimum absolute atomic E-state index is 0.0776. The maximum Gasteiger partial charge on any atom is 0.322 e. The van der Waals surface area contributed by atoms with Gasteiger partial charge in [-0.05, 0) is 41.7 Å². The van der Waals surface area contributed by atoms with Gasteiger partial charge in [0.2, 0.25) is 41.9 Å². The number of carboxylic acid groups (broad SMARTS) is 1. The van der Waals surface area contributed by atoms with Crippen LogP contribution in [0.2, 0.25) is 0 Å². The number of nitrogens with two attached hydrogens (primary N) is 1. The molecule has 326 valence electrons. The minimum atomic E-state index is -1.63. The van der Waals surface area contributed by atoms with Crippen LogP contribution < -0.4 is 32.3 Å². The Labute approximate surface area is 345 Å². The Hall–Kier alpha value is -6.70. The lowest BCUT2D eigenvalue weighted by atomic mass is 9.82. The zero-order chi connectivity index (χ0) is 45.2. The van der Waals surface area contributed by atoms with E-state index in [1.54, 1.807) is 49.8 Å². The van der Waals surface area contributed by atoms with Crippen LogP contribution in [0.25, 0.3) is 11.1 Å². The van der Waals surface area contributed by atoms with E-state index >= 15 is 4.39 Å². The molecule has 0 fully saturated rings. The summed E-state index contributed by atoms with van der Waals surface area (Å²) < 4.78 is 31.3. The molecule has 7 amide bonds. The largest absolute Gasteiger partial charge is 0.480 e. The summed E-state index contributed by atoms with van der Waals surface area (Å²) in [6.07, 6.45) is 5.07. The molecule has 20 heteroatoms. The van der Waals surface area contributed by atoms with Crippen LogP contribution in [0.1, 0.15) is 51.8 Å². The number of aromatic nitrogens is 1. The summed E-state index contributed by atoms with van der Waals surface area (Å²) >= 11 is 0. The fourth-order valence-electron chi connectivity index (χ4n) is 6.14. The summed E-state index contributed by atoms with van der Waals surface area (Å²) in [5.74, 6) is -8.14. The highest BCUT2D eigenvalue weighted by Gasteiger charge is 2.38. The van der Waals surface area contributed by atoms with Gasteiger partial charge in [0.25, 0.3) is 0 Å². The summed E-state index contributed by atoms with van der Waals surface area (Å²) in [6, 6.07) is 0.365. The quantitative estimate of drug-likeness (QED) is 0.0501. The second-order valence-electron chi connectivity index (χ2n) is 14.5. The topological polar surface area (TPSA) is 271 Å². The molecule has 0 saturated carbocycles. The lowest BCUT2D eigenvalue weighted by Crippen LogP contribution is -2.56. The molecule has 0 aliphatic carbocycles. The van der Waals surface area contributed by atoms with Gasteiger partial charge >= 0.3 is 5.97 Å². The van der Waals surface area contributed by atoms with Gasteiger partial charge in [-0.15, -0.1) is 0 Å². The SMILES string of the molecule is C=C/C=C(\C=C)Cn1cc(-c2cc(F)ccc2F)cc1C(N(CCC(NC(=O)C(CC(N)=O)NC(=O)CNC=O)C(=O)NCCC(=O)NCC(=O)O)C(=O)CO)C(C)(C)C. The van der Waals surface area contributed by atoms with Crippen LogP contribution in [-0.4, -0.2) is 112 Å². The molecule has 2 aromatic rings. The van der Waals surface area contributed by atoms with E-state index in [4.69, 9.17) is 10.8 Å². The highest BCUT2D eigenvalue weighted by molar-refractivity contribution is 5.95. The fraction of sp³-hybridized carbons (Fsp3) is 0.400. The molecule has 18 nitrogen and oxygen atoms in total. The average molecular weight is 843 g/mol. The van der Waals surface area contributed by atoms with Gasteiger partial charge in [0.1, 0.15) is 36.9 Å². The number of carboxylic acids is 1. The number of hydrogen-bond acceptors (Lipinski definition) is 9. The Morgan fingerprint density at radius 1 is 0.967 bits per heavy atom. The molecule has 1 aromatic heterocycles. The summed E-state index contributed by atoms with van der Waals surface area (Å²) in [5.41, 5.74) is 5.65. The standard InChI is InChI=1S/C40H52F2N8O10/c1-6-8-24(7-2)20-49-21-25(27-16-26(41)9-10-28(27)42)15-31(49)37(40(3,4)5)50(35(56)22-51)14-12-29(38(59)45-13-11-33(54)46-19-36(57)58)48-39(60)30(17-32(43)53)47-34(55)18-44-23-52/h6-10,15-16,21,23,29-30,37,51H,1-2,11-14,17-20,22H2,3-5H3,(H2,43,53)(H,44,52)(H,45,59)(H,46,54)(H,47,55)(H,48,60)(H,57,58)/b24-8+. The molecule has 3 atom stereocenters. The van der Waals surface area contributed by atoms with Crippen LogP contribution >= 0.6 is 0 Å². The number of carbonyl (C=O) groups is 8. The maximum atomic E-state index is 15.2. The summed E-state index contributed by atoms with van der Waals surface area (Å²) in [7, 11) is 0. The molecule has 9 N–H and O–H groups in total. The molecule has 0 bridgehead atoms. The van der Waals surface area contributed by atoms with E-state index in [0.717, 1.165) is 18.2 Å². The van der Waals surface area contributed by atoms with Gasteiger partial charge in [0.15, 0.2) is 0 Å². The second-order valence-corrected chi connectivity index (χ2v) is 14.5. The Balaban J connectivity index is 2.68. The lowest BCUT2D eigenvalue weighted by molar-refractivity contribution is -0.140. The van der Waals surface area contributed by atoms with Gasteiger partial charge in [-0.3, -0.25) is 38.4 Å². The van der Waals surface area contributed by atoms with Crippen molar-refractivity contribution < 1.29 is 57.4 Å². The van der Waals surface area contributed by atoms with Crippen molar-refractivity contribution in [2.24, 2.45) is 11.1 Å². The van der Waals surface area contributed by atoms with Crippen molar-refractivity contribution in [2.75, 3.05) is 32.8 Å². The predicted molar refractivity (Wildman–Crippen MR) is 214 cm³/mol. The van der Waals surface area contributed by atoms with E-state index < -0.39 is 103 Å². The summed E-state index contributed by atoms with van der Waals surface area (Å²) in [4.78, 5) is 100. The number of primary amides is 1. The van der Waals surface area contributed by atoms with Crippen molar-refractivity contribution in [1.82, 2.24) is 36.1 Å². The third-order valence-corrected chi connectivity index (χ3v) is 8.77. The van der Waals surface area contributed by atoms with Gasteiger partial charge in [-0.25, -0.2) is 8.78 Å². The first-order valence-electron chi connectivity index (χ1n) is 18.6. The van der Waals surface area contributed by atoms with Gasteiger partial charge in [0, 0.05) is 49.1 Å². The van der Waals surface area contributed by atoms with Crippen LogP contribution in [0.5, 0.6) is 0 Å². The van der Waals surface area contributed by atoms with Crippen molar-refractivity contribution >= 4 is 47.8 Å². The minimum Gasteiger partial charge on any atom is -0.480 e. The molecule has 3 unspecified atom stereocenters. The Bertz CT molecular complexity index is 1960. The van der Waals surface area contributed by atoms with E-state index in [0.29, 0.717) is 11.3 Å². The molecule has 0 spiro atoms. The van der Waals surface area contributed by atoms with Crippen LogP contribution in [0.15, 0.2) is 67.4 Å². The summed E-state index contributed by atoms with van der Waals surface area (Å²) in [6.45, 7) is 10.1. The number of allylic oxidation sites excluding steroid dienone is 4. The number of carbonyl (C=O) groups excluding carboxylic acids is 7. The van der Waals surface area contributed by atoms with Crippen LogP contribution in [0.4, 0.5) is 8.78 Å². The van der Waals surface area contributed by atoms with Crippen molar-refractivity contribution in [1.29, 1.82) is 0 Å². The predicted octanol–water partition coefficient (Wildman–Crippen LogP) is 0.328. The Morgan fingerprint density at radius 2 is 1.67 bits per heavy atom. The molecule has 0 radical (unpaired) electrons. The summed E-state index contributed by atoms with van der Waals surface area (Å²) in [5, 5.41) is 30.5.